The molecule has 1 N–H and O–H groups in total. The highest BCUT2D eigenvalue weighted by atomic mass is 16.5. The van der Waals surface area contributed by atoms with Crippen LogP contribution in [0.3, 0.4) is 0 Å². The first kappa shape index (κ1) is 12.7. The second-order valence-electron chi connectivity index (χ2n) is 3.12. The highest BCUT2D eigenvalue weighted by Gasteiger charge is 2.05. The Hall–Kier alpha value is -1.32. The Kier molecular flexibility index (Phi) is 6.45. The molecule has 1 rings (SSSR count). The molecule has 0 saturated carbocycles. The maximum absolute atomic E-state index is 10.5. The molecule has 4 nitrogen and oxygen atoms in total. The van der Waals surface area contributed by atoms with Crippen LogP contribution in [0.25, 0.3) is 0 Å². The number of aliphatic carboxylic acids is 1. The number of carbonyl (C=O) groups is 2. The highest BCUT2D eigenvalue weighted by molar-refractivity contribution is 5.84. The summed E-state index contributed by atoms with van der Waals surface area (Å²) in [6.07, 6.45) is 3.83. The average molecular weight is 200 g/mol. The van der Waals surface area contributed by atoms with Gasteiger partial charge in [0, 0.05) is 12.0 Å². The van der Waals surface area contributed by atoms with E-state index in [0.717, 1.165) is 19.3 Å². The van der Waals surface area contributed by atoms with Crippen molar-refractivity contribution in [3.05, 3.63) is 12.2 Å². The zero-order chi connectivity index (χ0) is 11.0. The van der Waals surface area contributed by atoms with Gasteiger partial charge in [-0.2, -0.15) is 0 Å². The monoisotopic (exact) mass is 200 g/mol. The summed E-state index contributed by atoms with van der Waals surface area (Å²) < 4.78 is 4.76. The maximum atomic E-state index is 10.5. The van der Waals surface area contributed by atoms with E-state index >= 15 is 0 Å². The van der Waals surface area contributed by atoms with Gasteiger partial charge in [-0.15, -0.1) is 0 Å². The third-order valence-corrected chi connectivity index (χ3v) is 1.65. The third-order valence-electron chi connectivity index (χ3n) is 1.65. The Morgan fingerprint density at radius 2 is 2.00 bits per heavy atom. The summed E-state index contributed by atoms with van der Waals surface area (Å²) >= 11 is 0. The Morgan fingerprint density at radius 3 is 2.50 bits per heavy atom. The standard InChI is InChI=1S/C6H10O2.C4H6O2/c7-6-4-2-1-3-5-8-6;1-3(2)4(5)6/h1-5H2;1H2,2H3,(H,5,6). The zero-order valence-corrected chi connectivity index (χ0v) is 8.41. The molecule has 1 aliphatic heterocycles. The van der Waals surface area contributed by atoms with E-state index in [4.69, 9.17) is 9.84 Å². The third kappa shape index (κ3) is 7.34. The second-order valence-corrected chi connectivity index (χ2v) is 3.12. The molecule has 0 unspecified atom stereocenters. The topological polar surface area (TPSA) is 63.6 Å². The fourth-order valence-electron chi connectivity index (χ4n) is 0.806. The van der Waals surface area contributed by atoms with E-state index in [1.807, 2.05) is 0 Å². The fourth-order valence-corrected chi connectivity index (χ4v) is 0.806. The zero-order valence-electron chi connectivity index (χ0n) is 8.41. The minimum Gasteiger partial charge on any atom is -0.478 e. The van der Waals surface area contributed by atoms with Gasteiger partial charge in [-0.1, -0.05) is 6.58 Å². The number of carbonyl (C=O) groups excluding carboxylic acids is 1. The lowest BCUT2D eigenvalue weighted by Crippen LogP contribution is -2.00. The number of hydrogen-bond donors (Lipinski definition) is 1. The summed E-state index contributed by atoms with van der Waals surface area (Å²) in [5.41, 5.74) is 0.176. The average Bonchev–Trinajstić information content (AvgIpc) is 2.33. The van der Waals surface area contributed by atoms with Gasteiger partial charge in [-0.05, 0) is 26.2 Å². The van der Waals surface area contributed by atoms with Crippen LogP contribution in [0.5, 0.6) is 0 Å². The van der Waals surface area contributed by atoms with Gasteiger partial charge in [-0.3, -0.25) is 4.79 Å². The van der Waals surface area contributed by atoms with E-state index < -0.39 is 5.97 Å². The number of cyclic esters (lactones) is 1. The second kappa shape index (κ2) is 7.12. The van der Waals surface area contributed by atoms with Crippen LogP contribution < -0.4 is 0 Å². The normalized spacial score (nSPS) is 15.6. The number of esters is 1. The van der Waals surface area contributed by atoms with Crippen LogP contribution in [0.2, 0.25) is 0 Å². The molecule has 1 aliphatic rings. The molecule has 0 aromatic rings. The van der Waals surface area contributed by atoms with Crippen molar-refractivity contribution in [1.29, 1.82) is 0 Å². The van der Waals surface area contributed by atoms with Crippen LogP contribution in [-0.4, -0.2) is 23.7 Å². The smallest absolute Gasteiger partial charge is 0.330 e. The highest BCUT2D eigenvalue weighted by Crippen LogP contribution is 2.06. The molecule has 0 spiro atoms. The predicted octanol–water partition coefficient (Wildman–Crippen LogP) is 1.75. The molecule has 1 fully saturated rings. The van der Waals surface area contributed by atoms with Crippen molar-refractivity contribution in [1.82, 2.24) is 0 Å². The summed E-state index contributed by atoms with van der Waals surface area (Å²) in [5.74, 6) is -0.961. The lowest BCUT2D eigenvalue weighted by Gasteiger charge is -1.93. The number of carboxylic acid groups (broad SMARTS) is 1. The molecule has 14 heavy (non-hydrogen) atoms. The Labute approximate surface area is 83.6 Å². The number of carboxylic acids is 1. The van der Waals surface area contributed by atoms with Crippen molar-refractivity contribution < 1.29 is 19.4 Å². The van der Waals surface area contributed by atoms with E-state index in [2.05, 4.69) is 6.58 Å². The molecule has 0 amide bonds. The molecule has 4 heteroatoms. The van der Waals surface area contributed by atoms with Crippen molar-refractivity contribution in [2.75, 3.05) is 6.61 Å². The van der Waals surface area contributed by atoms with Crippen LogP contribution in [0.4, 0.5) is 0 Å². The molecular weight excluding hydrogens is 184 g/mol. The molecule has 0 bridgehead atoms. The predicted molar refractivity (Wildman–Crippen MR) is 51.9 cm³/mol. The van der Waals surface area contributed by atoms with Crippen molar-refractivity contribution in [3.63, 3.8) is 0 Å². The van der Waals surface area contributed by atoms with Crippen molar-refractivity contribution in [2.24, 2.45) is 0 Å². The van der Waals surface area contributed by atoms with Gasteiger partial charge < -0.3 is 9.84 Å². The first-order chi connectivity index (χ1) is 6.54. The van der Waals surface area contributed by atoms with Gasteiger partial charge in [0.15, 0.2) is 0 Å². The summed E-state index contributed by atoms with van der Waals surface area (Å²) in [4.78, 5) is 20.1. The van der Waals surface area contributed by atoms with Crippen LogP contribution in [-0.2, 0) is 14.3 Å². The molecule has 80 valence electrons. The summed E-state index contributed by atoms with van der Waals surface area (Å²) in [6, 6.07) is 0. The molecule has 1 heterocycles. The van der Waals surface area contributed by atoms with Gasteiger partial charge in [0.25, 0.3) is 0 Å². The minimum atomic E-state index is -0.935. The van der Waals surface area contributed by atoms with E-state index in [-0.39, 0.29) is 11.5 Å². The molecule has 0 radical (unpaired) electrons. The van der Waals surface area contributed by atoms with Crippen molar-refractivity contribution in [3.8, 4) is 0 Å². The van der Waals surface area contributed by atoms with Crippen molar-refractivity contribution in [2.45, 2.75) is 32.6 Å². The van der Waals surface area contributed by atoms with Gasteiger partial charge in [-0.25, -0.2) is 4.79 Å². The first-order valence-corrected chi connectivity index (χ1v) is 4.58. The van der Waals surface area contributed by atoms with Crippen LogP contribution in [0.15, 0.2) is 12.2 Å². The van der Waals surface area contributed by atoms with Crippen LogP contribution in [0, 0.1) is 0 Å². The lowest BCUT2D eigenvalue weighted by molar-refractivity contribution is -0.142. The number of rotatable bonds is 1. The molecular formula is C10H16O4. The van der Waals surface area contributed by atoms with E-state index in [0.29, 0.717) is 13.0 Å². The fraction of sp³-hybridized carbons (Fsp3) is 0.600. The maximum Gasteiger partial charge on any atom is 0.330 e. The molecule has 0 atom stereocenters. The Balaban J connectivity index is 0.000000255. The van der Waals surface area contributed by atoms with Crippen LogP contribution in [0.1, 0.15) is 32.6 Å². The Bertz CT molecular complexity index is 198. The summed E-state index contributed by atoms with van der Waals surface area (Å²) in [7, 11) is 0. The summed E-state index contributed by atoms with van der Waals surface area (Å²) in [5, 5.41) is 7.89. The van der Waals surface area contributed by atoms with Crippen LogP contribution >= 0.6 is 0 Å². The summed E-state index contributed by atoms with van der Waals surface area (Å²) in [6.45, 7) is 5.24. The van der Waals surface area contributed by atoms with Gasteiger partial charge in [0.1, 0.15) is 0 Å². The molecule has 0 aromatic heterocycles. The minimum absolute atomic E-state index is 0.0255. The SMILES string of the molecule is C=C(C)C(=O)O.O=C1CCCCCO1. The van der Waals surface area contributed by atoms with Gasteiger partial charge >= 0.3 is 11.9 Å². The van der Waals surface area contributed by atoms with Gasteiger partial charge in [0.2, 0.25) is 0 Å². The number of ether oxygens (including phenoxy) is 1. The quantitative estimate of drug-likeness (QED) is 0.517. The number of hydrogen-bond acceptors (Lipinski definition) is 3. The molecule has 1 saturated heterocycles. The van der Waals surface area contributed by atoms with Gasteiger partial charge in [0.05, 0.1) is 6.61 Å². The van der Waals surface area contributed by atoms with E-state index in [1.54, 1.807) is 0 Å². The first-order valence-electron chi connectivity index (χ1n) is 4.58. The van der Waals surface area contributed by atoms with Crippen molar-refractivity contribution >= 4 is 11.9 Å². The molecule has 0 aliphatic carbocycles. The lowest BCUT2D eigenvalue weighted by atomic mass is 10.2. The van der Waals surface area contributed by atoms with E-state index in [9.17, 15) is 9.59 Å². The molecule has 0 aromatic carbocycles. The van der Waals surface area contributed by atoms with E-state index in [1.165, 1.54) is 6.92 Å². The Morgan fingerprint density at radius 1 is 1.43 bits per heavy atom. The largest absolute Gasteiger partial charge is 0.478 e.